The van der Waals surface area contributed by atoms with Gasteiger partial charge in [0, 0.05) is 18.7 Å². The number of hydrogen-bond acceptors (Lipinski definition) is 6. The van der Waals surface area contributed by atoms with Crippen LogP contribution in [0, 0.1) is 13.8 Å². The normalized spacial score (nSPS) is 12.6. The van der Waals surface area contributed by atoms with Crippen molar-refractivity contribution in [1.29, 1.82) is 0 Å². The third kappa shape index (κ3) is 7.82. The summed E-state index contributed by atoms with van der Waals surface area (Å²) in [6, 6.07) is 17.9. The molecule has 0 radical (unpaired) electrons. The third-order valence-corrected chi connectivity index (χ3v) is 8.92. The van der Waals surface area contributed by atoms with Crippen molar-refractivity contribution in [1.82, 2.24) is 10.2 Å². The second kappa shape index (κ2) is 14.2. The molecule has 0 bridgehead atoms. The van der Waals surface area contributed by atoms with E-state index in [9.17, 15) is 18.0 Å². The van der Waals surface area contributed by atoms with Crippen molar-refractivity contribution in [3.05, 3.63) is 83.4 Å². The van der Waals surface area contributed by atoms with E-state index in [1.54, 1.807) is 31.2 Å². The van der Waals surface area contributed by atoms with Gasteiger partial charge in [0.2, 0.25) is 11.8 Å². The van der Waals surface area contributed by atoms with Gasteiger partial charge in [-0.2, -0.15) is 0 Å². The minimum atomic E-state index is -4.25. The standard InChI is InChI=1S/C32H41N3O6S/c1-8-24(4)33-32(37)25(5)34(20-26-11-9-10-23(3)18-26)31(36)21-35(27-14-12-22(2)13-15-27)42(38,39)28-16-17-29(40-6)30(19-28)41-7/h9-19,24-25H,8,20-21H2,1-7H3,(H,33,37)/t24-,25-/m1/s1. The van der Waals surface area contributed by atoms with Gasteiger partial charge in [-0.1, -0.05) is 54.4 Å². The third-order valence-electron chi connectivity index (χ3n) is 7.15. The van der Waals surface area contributed by atoms with Crippen LogP contribution in [0.2, 0.25) is 0 Å². The summed E-state index contributed by atoms with van der Waals surface area (Å²) in [5.41, 5.74) is 3.09. The number of rotatable bonds is 13. The molecule has 0 aliphatic rings. The van der Waals surface area contributed by atoms with Crippen molar-refractivity contribution in [3.8, 4) is 11.5 Å². The molecule has 9 nitrogen and oxygen atoms in total. The lowest BCUT2D eigenvalue weighted by molar-refractivity contribution is -0.139. The molecule has 10 heteroatoms. The van der Waals surface area contributed by atoms with Crippen molar-refractivity contribution >= 4 is 27.5 Å². The Labute approximate surface area is 249 Å². The molecule has 0 aromatic heterocycles. The number of benzene rings is 3. The van der Waals surface area contributed by atoms with E-state index in [0.717, 1.165) is 27.4 Å². The fourth-order valence-electron chi connectivity index (χ4n) is 4.40. The molecule has 226 valence electrons. The number of nitrogens with zero attached hydrogens (tertiary/aromatic N) is 2. The molecule has 1 N–H and O–H groups in total. The van der Waals surface area contributed by atoms with Crippen LogP contribution in [0.4, 0.5) is 5.69 Å². The SMILES string of the molecule is CC[C@@H](C)NC(=O)[C@@H](C)N(Cc1cccc(C)c1)C(=O)CN(c1ccc(C)cc1)S(=O)(=O)c1ccc(OC)c(OC)c1. The van der Waals surface area contributed by atoms with Crippen LogP contribution in [0.25, 0.3) is 0 Å². The molecule has 2 atom stereocenters. The molecule has 0 fully saturated rings. The minimum Gasteiger partial charge on any atom is -0.493 e. The summed E-state index contributed by atoms with van der Waals surface area (Å²) in [6.07, 6.45) is 0.731. The first kappa shape index (κ1) is 32.5. The molecule has 3 aromatic rings. The van der Waals surface area contributed by atoms with Gasteiger partial charge in [-0.3, -0.25) is 13.9 Å². The number of hydrogen-bond donors (Lipinski definition) is 1. The zero-order valence-electron chi connectivity index (χ0n) is 25.4. The van der Waals surface area contributed by atoms with Crippen molar-refractivity contribution in [2.24, 2.45) is 0 Å². The minimum absolute atomic E-state index is 0.0682. The highest BCUT2D eigenvalue weighted by Gasteiger charge is 2.33. The first-order valence-electron chi connectivity index (χ1n) is 13.9. The van der Waals surface area contributed by atoms with Crippen LogP contribution in [0.15, 0.2) is 71.6 Å². The first-order valence-corrected chi connectivity index (χ1v) is 15.3. The molecule has 0 saturated heterocycles. The lowest BCUT2D eigenvalue weighted by atomic mass is 10.1. The lowest BCUT2D eigenvalue weighted by Crippen LogP contribution is -2.52. The number of amides is 2. The number of ether oxygens (including phenoxy) is 2. The van der Waals surface area contributed by atoms with E-state index in [0.29, 0.717) is 11.4 Å². The van der Waals surface area contributed by atoms with Gasteiger partial charge in [0.05, 0.1) is 24.8 Å². The maximum atomic E-state index is 14.1. The fraction of sp³-hybridized carbons (Fsp3) is 0.375. The molecule has 0 aliphatic carbocycles. The van der Waals surface area contributed by atoms with E-state index in [4.69, 9.17) is 9.47 Å². The van der Waals surface area contributed by atoms with Crippen LogP contribution in [0.1, 0.15) is 43.9 Å². The van der Waals surface area contributed by atoms with Gasteiger partial charge < -0.3 is 19.7 Å². The molecule has 0 aliphatic heterocycles. The Kier molecular flexibility index (Phi) is 11.0. The number of nitrogens with one attached hydrogen (secondary N) is 1. The monoisotopic (exact) mass is 595 g/mol. The highest BCUT2D eigenvalue weighted by Crippen LogP contribution is 2.32. The zero-order chi connectivity index (χ0) is 31.0. The van der Waals surface area contributed by atoms with Gasteiger partial charge in [-0.15, -0.1) is 0 Å². The summed E-state index contributed by atoms with van der Waals surface area (Å²) in [5.74, 6) is -0.215. The van der Waals surface area contributed by atoms with Crippen LogP contribution >= 0.6 is 0 Å². The van der Waals surface area contributed by atoms with Crippen molar-refractivity contribution < 1.29 is 27.5 Å². The maximum Gasteiger partial charge on any atom is 0.264 e. The summed E-state index contributed by atoms with van der Waals surface area (Å²) in [5, 5.41) is 2.94. The molecule has 3 aromatic carbocycles. The quantitative estimate of drug-likeness (QED) is 0.303. The second-order valence-corrected chi connectivity index (χ2v) is 12.2. The van der Waals surface area contributed by atoms with Gasteiger partial charge in [0.25, 0.3) is 10.0 Å². The largest absolute Gasteiger partial charge is 0.493 e. The van der Waals surface area contributed by atoms with E-state index in [2.05, 4.69) is 5.32 Å². The van der Waals surface area contributed by atoms with E-state index in [1.165, 1.54) is 37.3 Å². The topological polar surface area (TPSA) is 105 Å². The predicted molar refractivity (Wildman–Crippen MR) is 164 cm³/mol. The Balaban J connectivity index is 2.06. The van der Waals surface area contributed by atoms with Gasteiger partial charge in [-0.05, 0) is 63.9 Å². The van der Waals surface area contributed by atoms with Crippen molar-refractivity contribution in [2.45, 2.75) is 64.6 Å². The van der Waals surface area contributed by atoms with Crippen LogP contribution < -0.4 is 19.1 Å². The smallest absolute Gasteiger partial charge is 0.264 e. The predicted octanol–water partition coefficient (Wildman–Crippen LogP) is 4.85. The number of carbonyl (C=O) groups excluding carboxylic acids is 2. The summed E-state index contributed by atoms with van der Waals surface area (Å²) in [7, 11) is -1.37. The highest BCUT2D eigenvalue weighted by molar-refractivity contribution is 7.92. The number of sulfonamides is 1. The van der Waals surface area contributed by atoms with Crippen molar-refractivity contribution in [2.75, 3.05) is 25.1 Å². The van der Waals surface area contributed by atoms with E-state index in [-0.39, 0.29) is 29.1 Å². The lowest BCUT2D eigenvalue weighted by Gasteiger charge is -2.32. The molecule has 2 amide bonds. The Hall–Kier alpha value is -4.05. The molecule has 0 spiro atoms. The molecule has 0 unspecified atom stereocenters. The fourth-order valence-corrected chi connectivity index (χ4v) is 5.83. The van der Waals surface area contributed by atoms with Crippen LogP contribution in [0.5, 0.6) is 11.5 Å². The number of anilines is 1. The Morgan fingerprint density at radius 1 is 0.881 bits per heavy atom. The summed E-state index contributed by atoms with van der Waals surface area (Å²) in [4.78, 5) is 28.6. The van der Waals surface area contributed by atoms with E-state index >= 15 is 0 Å². The Bertz CT molecular complexity index is 1490. The zero-order valence-corrected chi connectivity index (χ0v) is 26.2. The second-order valence-electron chi connectivity index (χ2n) is 10.4. The van der Waals surface area contributed by atoms with Crippen molar-refractivity contribution in [3.63, 3.8) is 0 Å². The number of aryl methyl sites for hydroxylation is 2. The molecule has 0 heterocycles. The van der Waals surface area contributed by atoms with Gasteiger partial charge in [-0.25, -0.2) is 8.42 Å². The average Bonchev–Trinajstić information content (AvgIpc) is 2.98. The summed E-state index contributed by atoms with van der Waals surface area (Å²) < 4.78 is 39.9. The van der Waals surface area contributed by atoms with E-state index in [1.807, 2.05) is 52.0 Å². The summed E-state index contributed by atoms with van der Waals surface area (Å²) >= 11 is 0. The van der Waals surface area contributed by atoms with Gasteiger partial charge in [0.1, 0.15) is 12.6 Å². The summed E-state index contributed by atoms with van der Waals surface area (Å²) in [6.45, 7) is 8.97. The number of methoxy groups -OCH3 is 2. The maximum absolute atomic E-state index is 14.1. The number of carbonyl (C=O) groups is 2. The molecule has 42 heavy (non-hydrogen) atoms. The van der Waals surface area contributed by atoms with Gasteiger partial charge in [0.15, 0.2) is 11.5 Å². The Morgan fingerprint density at radius 3 is 2.14 bits per heavy atom. The van der Waals surface area contributed by atoms with Crippen LogP contribution in [0.3, 0.4) is 0 Å². The Morgan fingerprint density at radius 2 is 1.55 bits per heavy atom. The molecule has 0 saturated carbocycles. The van der Waals surface area contributed by atoms with Crippen LogP contribution in [-0.4, -0.2) is 58.0 Å². The first-order chi connectivity index (χ1) is 19.9. The molecule has 3 rings (SSSR count). The average molecular weight is 596 g/mol. The van der Waals surface area contributed by atoms with Gasteiger partial charge >= 0.3 is 0 Å². The molecular formula is C32H41N3O6S. The highest BCUT2D eigenvalue weighted by atomic mass is 32.2. The molecular weight excluding hydrogens is 554 g/mol. The van der Waals surface area contributed by atoms with Crippen LogP contribution in [-0.2, 0) is 26.2 Å². The van der Waals surface area contributed by atoms with E-state index < -0.39 is 28.5 Å².